The van der Waals surface area contributed by atoms with Gasteiger partial charge in [-0.1, -0.05) is 36.8 Å². The van der Waals surface area contributed by atoms with E-state index in [9.17, 15) is 9.90 Å². The molecule has 138 valence electrons. The van der Waals surface area contributed by atoms with Gasteiger partial charge in [0.2, 0.25) is 0 Å². The van der Waals surface area contributed by atoms with Gasteiger partial charge in [0, 0.05) is 13.1 Å². The number of aliphatic hydroxyl groups is 1. The molecule has 0 aromatic heterocycles. The summed E-state index contributed by atoms with van der Waals surface area (Å²) in [6.45, 7) is 5.25. The topological polar surface area (TPSA) is 55.8 Å². The maximum absolute atomic E-state index is 12.5. The lowest BCUT2D eigenvalue weighted by atomic mass is 9.86. The number of carbonyl (C=O) groups is 1. The van der Waals surface area contributed by atoms with Crippen LogP contribution in [0.2, 0.25) is 0 Å². The minimum atomic E-state index is -0.926. The molecule has 0 aliphatic carbocycles. The van der Waals surface area contributed by atoms with Crippen LogP contribution in [0.3, 0.4) is 0 Å². The summed E-state index contributed by atoms with van der Waals surface area (Å²) in [6, 6.07) is 9.66. The molecular formula is C20H31N3O2. The van der Waals surface area contributed by atoms with Gasteiger partial charge >= 0.3 is 6.03 Å². The van der Waals surface area contributed by atoms with E-state index < -0.39 is 5.60 Å². The Balaban J connectivity index is 1.44. The van der Waals surface area contributed by atoms with Crippen molar-refractivity contribution >= 4 is 6.03 Å². The Morgan fingerprint density at radius 2 is 1.84 bits per heavy atom. The van der Waals surface area contributed by atoms with Crippen molar-refractivity contribution in [3.63, 3.8) is 0 Å². The average molecular weight is 345 g/mol. The number of carbonyl (C=O) groups excluding carboxylic acids is 1. The van der Waals surface area contributed by atoms with Crippen molar-refractivity contribution in [1.29, 1.82) is 0 Å². The molecule has 2 amide bonds. The van der Waals surface area contributed by atoms with Crippen molar-refractivity contribution in [1.82, 2.24) is 15.1 Å². The van der Waals surface area contributed by atoms with E-state index >= 15 is 0 Å². The molecule has 25 heavy (non-hydrogen) atoms. The van der Waals surface area contributed by atoms with Crippen molar-refractivity contribution < 1.29 is 9.90 Å². The van der Waals surface area contributed by atoms with Crippen LogP contribution in [0.4, 0.5) is 4.79 Å². The van der Waals surface area contributed by atoms with Gasteiger partial charge in [-0.15, -0.1) is 0 Å². The fraction of sp³-hybridized carbons (Fsp3) is 0.650. The number of piperidine rings is 2. The van der Waals surface area contributed by atoms with Gasteiger partial charge in [-0.3, -0.25) is 0 Å². The lowest BCUT2D eigenvalue weighted by Gasteiger charge is -2.39. The Kier molecular flexibility index (Phi) is 6.32. The smallest absolute Gasteiger partial charge is 0.317 e. The van der Waals surface area contributed by atoms with Gasteiger partial charge in [-0.25, -0.2) is 4.79 Å². The zero-order valence-electron chi connectivity index (χ0n) is 15.1. The Hall–Kier alpha value is -1.59. The monoisotopic (exact) mass is 345 g/mol. The molecule has 5 nitrogen and oxygen atoms in total. The molecule has 5 heteroatoms. The molecule has 3 rings (SSSR count). The Morgan fingerprint density at radius 1 is 1.08 bits per heavy atom. The fourth-order valence-electron chi connectivity index (χ4n) is 3.99. The largest absolute Gasteiger partial charge is 0.383 e. The summed E-state index contributed by atoms with van der Waals surface area (Å²) < 4.78 is 0. The van der Waals surface area contributed by atoms with Crippen molar-refractivity contribution in [2.75, 3.05) is 39.3 Å². The zero-order valence-corrected chi connectivity index (χ0v) is 15.1. The quantitative estimate of drug-likeness (QED) is 0.807. The van der Waals surface area contributed by atoms with E-state index in [1.54, 1.807) is 4.90 Å². The van der Waals surface area contributed by atoms with Crippen molar-refractivity contribution in [3.05, 3.63) is 35.9 Å². The summed E-state index contributed by atoms with van der Waals surface area (Å²) in [5, 5.41) is 14.0. The van der Waals surface area contributed by atoms with Crippen LogP contribution >= 0.6 is 0 Å². The van der Waals surface area contributed by atoms with E-state index in [2.05, 4.69) is 10.2 Å². The first kappa shape index (κ1) is 18.2. The summed E-state index contributed by atoms with van der Waals surface area (Å²) in [4.78, 5) is 16.7. The average Bonchev–Trinajstić information content (AvgIpc) is 2.67. The number of nitrogens with one attached hydrogen (secondary N) is 1. The van der Waals surface area contributed by atoms with Gasteiger partial charge < -0.3 is 20.2 Å². The van der Waals surface area contributed by atoms with Gasteiger partial charge in [-0.2, -0.15) is 0 Å². The molecule has 2 aliphatic rings. The van der Waals surface area contributed by atoms with Crippen LogP contribution in [-0.4, -0.2) is 60.2 Å². The molecule has 0 bridgehead atoms. The van der Waals surface area contributed by atoms with Gasteiger partial charge in [0.1, 0.15) is 5.60 Å². The van der Waals surface area contributed by atoms with E-state index in [4.69, 9.17) is 0 Å². The van der Waals surface area contributed by atoms with Gasteiger partial charge in [-0.05, 0) is 57.3 Å². The van der Waals surface area contributed by atoms with Crippen LogP contribution in [0.1, 0.15) is 44.1 Å². The number of β-amino-alcohol motifs (C(OH)–C–C–N with tert-alkyl or cyclic N) is 1. The third-order valence-corrected chi connectivity index (χ3v) is 5.45. The summed E-state index contributed by atoms with van der Waals surface area (Å²) >= 11 is 0. The number of amides is 2. The van der Waals surface area contributed by atoms with Crippen molar-refractivity contribution in [3.8, 4) is 0 Å². The van der Waals surface area contributed by atoms with E-state index in [-0.39, 0.29) is 6.03 Å². The molecule has 0 radical (unpaired) electrons. The van der Waals surface area contributed by atoms with E-state index in [1.165, 1.54) is 32.4 Å². The van der Waals surface area contributed by atoms with Crippen LogP contribution in [0, 0.1) is 0 Å². The van der Waals surface area contributed by atoms with Crippen LogP contribution in [0.25, 0.3) is 0 Å². The lowest BCUT2D eigenvalue weighted by Crippen LogP contribution is -2.51. The molecule has 2 fully saturated rings. The zero-order chi connectivity index (χ0) is 17.5. The second-order valence-electron chi connectivity index (χ2n) is 7.41. The molecule has 2 heterocycles. The highest BCUT2D eigenvalue weighted by Crippen LogP contribution is 2.31. The van der Waals surface area contributed by atoms with Crippen molar-refractivity contribution in [2.24, 2.45) is 0 Å². The molecule has 2 aliphatic heterocycles. The predicted octanol–water partition coefficient (Wildman–Crippen LogP) is 2.56. The Morgan fingerprint density at radius 3 is 2.60 bits per heavy atom. The maximum atomic E-state index is 12.5. The van der Waals surface area contributed by atoms with Crippen LogP contribution in [0.15, 0.2) is 30.3 Å². The molecule has 0 saturated carbocycles. The highest BCUT2D eigenvalue weighted by Gasteiger charge is 2.36. The minimum absolute atomic E-state index is 0.0484. The molecular weight excluding hydrogens is 314 g/mol. The summed E-state index contributed by atoms with van der Waals surface area (Å²) in [7, 11) is 0. The van der Waals surface area contributed by atoms with Gasteiger partial charge in [0.25, 0.3) is 0 Å². The first-order valence-corrected chi connectivity index (χ1v) is 9.70. The molecule has 0 spiro atoms. The summed E-state index contributed by atoms with van der Waals surface area (Å²) in [5.74, 6) is 0. The molecule has 1 unspecified atom stereocenters. The lowest BCUT2D eigenvalue weighted by molar-refractivity contribution is -0.0230. The second-order valence-corrected chi connectivity index (χ2v) is 7.41. The Bertz CT molecular complexity index is 545. The third-order valence-electron chi connectivity index (χ3n) is 5.45. The SMILES string of the molecule is O=C(NCCCN1CCCCC1)N1CCCC(O)(c2ccccc2)C1. The number of benzene rings is 1. The van der Waals surface area contributed by atoms with Crippen LogP contribution in [0.5, 0.6) is 0 Å². The van der Waals surface area contributed by atoms with Gasteiger partial charge in [0.05, 0.1) is 6.54 Å². The predicted molar refractivity (Wildman–Crippen MR) is 99.5 cm³/mol. The standard InChI is InChI=1S/C20H31N3O2/c24-19(21-12-8-15-22-13-5-2-6-14-22)23-16-7-11-20(25,17-23)18-9-3-1-4-10-18/h1,3-4,9-10,25H,2,5-8,11-17H2,(H,21,24). The number of nitrogens with zero attached hydrogens (tertiary/aromatic N) is 2. The number of hydrogen-bond acceptors (Lipinski definition) is 3. The highest BCUT2D eigenvalue weighted by atomic mass is 16.3. The molecule has 1 atom stereocenters. The van der Waals surface area contributed by atoms with Crippen molar-refractivity contribution in [2.45, 2.75) is 44.1 Å². The van der Waals surface area contributed by atoms with E-state index in [1.807, 2.05) is 30.3 Å². The Labute approximate surface area is 151 Å². The van der Waals surface area contributed by atoms with Crippen LogP contribution < -0.4 is 5.32 Å². The number of rotatable bonds is 5. The second kappa shape index (κ2) is 8.68. The number of hydrogen-bond donors (Lipinski definition) is 2. The number of urea groups is 1. The summed E-state index contributed by atoms with van der Waals surface area (Å²) in [5.41, 5.74) is -0.0254. The van der Waals surface area contributed by atoms with Crippen LogP contribution in [-0.2, 0) is 5.60 Å². The fourth-order valence-corrected chi connectivity index (χ4v) is 3.99. The summed E-state index contributed by atoms with van der Waals surface area (Å²) in [6.07, 6.45) is 6.48. The maximum Gasteiger partial charge on any atom is 0.317 e. The highest BCUT2D eigenvalue weighted by molar-refractivity contribution is 5.74. The normalized spacial score (nSPS) is 24.9. The minimum Gasteiger partial charge on any atom is -0.383 e. The first-order valence-electron chi connectivity index (χ1n) is 9.70. The number of likely N-dealkylation sites (tertiary alicyclic amines) is 2. The van der Waals surface area contributed by atoms with E-state index in [0.717, 1.165) is 24.9 Å². The third kappa shape index (κ3) is 4.95. The first-order chi connectivity index (χ1) is 12.2. The molecule has 1 aromatic rings. The molecule has 1 aromatic carbocycles. The van der Waals surface area contributed by atoms with E-state index in [0.29, 0.717) is 26.1 Å². The molecule has 2 N–H and O–H groups in total. The van der Waals surface area contributed by atoms with Gasteiger partial charge in [0.15, 0.2) is 0 Å². The molecule has 2 saturated heterocycles.